The van der Waals surface area contributed by atoms with Crippen molar-refractivity contribution in [1.82, 2.24) is 4.98 Å². The monoisotopic (exact) mass is 438 g/mol. The van der Waals surface area contributed by atoms with E-state index < -0.39 is 10.0 Å². The average molecular weight is 439 g/mol. The summed E-state index contributed by atoms with van der Waals surface area (Å²) < 4.78 is 34.3. The van der Waals surface area contributed by atoms with Gasteiger partial charge in [-0.05, 0) is 56.5 Å². The first-order valence-electron chi connectivity index (χ1n) is 9.51. The first kappa shape index (κ1) is 20.4. The summed E-state index contributed by atoms with van der Waals surface area (Å²) in [6.45, 7) is 5.89. The van der Waals surface area contributed by atoms with E-state index in [1.807, 2.05) is 69.3 Å². The van der Waals surface area contributed by atoms with Crippen LogP contribution in [-0.2, 0) is 16.6 Å². The van der Waals surface area contributed by atoms with E-state index in [-0.39, 0.29) is 6.54 Å². The molecule has 0 radical (unpaired) electrons. The van der Waals surface area contributed by atoms with E-state index >= 15 is 0 Å². The minimum Gasteiger partial charge on any atom is -0.441 e. The number of nitrogens with zero attached hydrogens (tertiary/aromatic N) is 2. The third-order valence-electron chi connectivity index (χ3n) is 4.85. The van der Waals surface area contributed by atoms with E-state index in [0.717, 1.165) is 16.7 Å². The fourth-order valence-electron chi connectivity index (χ4n) is 3.08. The van der Waals surface area contributed by atoms with Crippen molar-refractivity contribution in [3.8, 4) is 11.5 Å². The quantitative estimate of drug-likeness (QED) is 0.386. The molecular formula is C23H22N2O3S2. The van der Waals surface area contributed by atoms with Crippen LogP contribution in [0.25, 0.3) is 11.5 Å². The largest absolute Gasteiger partial charge is 0.441 e. The molecule has 0 aliphatic rings. The second-order valence-corrected chi connectivity index (χ2v) is 10.2. The maximum absolute atomic E-state index is 13.4. The van der Waals surface area contributed by atoms with Crippen molar-refractivity contribution in [3.63, 3.8) is 0 Å². The molecule has 0 saturated carbocycles. The molecule has 4 rings (SSSR count). The van der Waals surface area contributed by atoms with Crippen molar-refractivity contribution in [3.05, 3.63) is 88.6 Å². The molecule has 2 aromatic heterocycles. The predicted octanol–water partition coefficient (Wildman–Crippen LogP) is 5.72. The lowest BCUT2D eigenvalue weighted by Crippen LogP contribution is -2.30. The molecule has 5 nitrogen and oxygen atoms in total. The van der Waals surface area contributed by atoms with Crippen molar-refractivity contribution < 1.29 is 12.8 Å². The lowest BCUT2D eigenvalue weighted by atomic mass is 10.1. The highest BCUT2D eigenvalue weighted by atomic mass is 32.2. The Morgan fingerprint density at radius 1 is 0.933 bits per heavy atom. The molecule has 0 fully saturated rings. The molecular weight excluding hydrogens is 416 g/mol. The number of sulfonamides is 1. The maximum Gasteiger partial charge on any atom is 0.274 e. The fraction of sp³-hybridized carbons (Fsp3) is 0.174. The van der Waals surface area contributed by atoms with Gasteiger partial charge in [-0.15, -0.1) is 11.3 Å². The smallest absolute Gasteiger partial charge is 0.274 e. The Hall–Kier alpha value is -2.90. The van der Waals surface area contributed by atoms with E-state index in [2.05, 4.69) is 4.98 Å². The first-order chi connectivity index (χ1) is 14.3. The van der Waals surface area contributed by atoms with E-state index in [0.29, 0.717) is 27.2 Å². The molecule has 4 aromatic rings. The number of benzene rings is 2. The summed E-state index contributed by atoms with van der Waals surface area (Å²) in [5, 5.41) is 1.76. The number of oxazole rings is 1. The van der Waals surface area contributed by atoms with E-state index in [1.54, 1.807) is 17.5 Å². The van der Waals surface area contributed by atoms with Crippen molar-refractivity contribution >= 4 is 27.0 Å². The van der Waals surface area contributed by atoms with Crippen LogP contribution < -0.4 is 4.31 Å². The highest BCUT2D eigenvalue weighted by Gasteiger charge is 2.28. The molecule has 0 aliphatic carbocycles. The third kappa shape index (κ3) is 4.04. The van der Waals surface area contributed by atoms with Crippen LogP contribution in [-0.4, -0.2) is 13.4 Å². The van der Waals surface area contributed by atoms with E-state index in [4.69, 9.17) is 4.42 Å². The number of hydrogen-bond donors (Lipinski definition) is 0. The number of rotatable bonds is 6. The van der Waals surface area contributed by atoms with Crippen LogP contribution in [0, 0.1) is 20.8 Å². The van der Waals surface area contributed by atoms with Crippen LogP contribution in [0.1, 0.15) is 22.6 Å². The van der Waals surface area contributed by atoms with Gasteiger partial charge in [-0.2, -0.15) is 0 Å². The van der Waals surface area contributed by atoms with Gasteiger partial charge in [0.1, 0.15) is 15.7 Å². The molecule has 0 atom stereocenters. The minimum atomic E-state index is -3.73. The Labute approximate surface area is 180 Å². The van der Waals surface area contributed by atoms with Crippen LogP contribution in [0.15, 0.2) is 74.7 Å². The SMILES string of the molecule is Cc1ccc(-c2nc(CN(c3ccc(C)cc3)S(=O)(=O)c3cccs3)c(C)o2)cc1. The molecule has 0 unspecified atom stereocenters. The van der Waals surface area contributed by atoms with Crippen LogP contribution >= 0.6 is 11.3 Å². The molecule has 154 valence electrons. The summed E-state index contributed by atoms with van der Waals surface area (Å²) in [6.07, 6.45) is 0. The first-order valence-corrected chi connectivity index (χ1v) is 11.8. The van der Waals surface area contributed by atoms with Gasteiger partial charge in [0.15, 0.2) is 0 Å². The maximum atomic E-state index is 13.4. The summed E-state index contributed by atoms with van der Waals surface area (Å²) >= 11 is 1.20. The lowest BCUT2D eigenvalue weighted by Gasteiger charge is -2.23. The molecule has 0 amide bonds. The molecule has 2 heterocycles. The Morgan fingerprint density at radius 2 is 1.57 bits per heavy atom. The highest BCUT2D eigenvalue weighted by Crippen LogP contribution is 2.30. The number of aryl methyl sites for hydroxylation is 3. The zero-order valence-corrected chi connectivity index (χ0v) is 18.6. The van der Waals surface area contributed by atoms with Crippen molar-refractivity contribution in [2.75, 3.05) is 4.31 Å². The highest BCUT2D eigenvalue weighted by molar-refractivity contribution is 7.94. The van der Waals surface area contributed by atoms with Gasteiger partial charge in [0.25, 0.3) is 10.0 Å². The summed E-state index contributed by atoms with van der Waals surface area (Å²) in [5.74, 6) is 1.09. The molecule has 0 saturated heterocycles. The van der Waals surface area contributed by atoms with Crippen molar-refractivity contribution in [2.24, 2.45) is 0 Å². The van der Waals surface area contributed by atoms with Gasteiger partial charge in [0.2, 0.25) is 5.89 Å². The Balaban J connectivity index is 1.74. The summed E-state index contributed by atoms with van der Waals surface area (Å²) in [5.41, 5.74) is 4.25. The van der Waals surface area contributed by atoms with Gasteiger partial charge >= 0.3 is 0 Å². The lowest BCUT2D eigenvalue weighted by molar-refractivity contribution is 0.539. The van der Waals surface area contributed by atoms with Crippen LogP contribution in [0.4, 0.5) is 5.69 Å². The predicted molar refractivity (Wildman–Crippen MR) is 120 cm³/mol. The summed E-state index contributed by atoms with van der Waals surface area (Å²) in [7, 11) is -3.73. The minimum absolute atomic E-state index is 0.0878. The van der Waals surface area contributed by atoms with Gasteiger partial charge in [-0.3, -0.25) is 4.31 Å². The normalized spacial score (nSPS) is 11.6. The van der Waals surface area contributed by atoms with Gasteiger partial charge in [0.05, 0.1) is 12.2 Å². The molecule has 0 bridgehead atoms. The Kier molecular flexibility index (Phi) is 5.49. The Bertz CT molecular complexity index is 1240. The molecule has 30 heavy (non-hydrogen) atoms. The molecule has 7 heteroatoms. The number of thiophene rings is 1. The van der Waals surface area contributed by atoms with Crippen LogP contribution in [0.5, 0.6) is 0 Å². The van der Waals surface area contributed by atoms with E-state index in [1.165, 1.54) is 15.6 Å². The van der Waals surface area contributed by atoms with Gasteiger partial charge in [-0.25, -0.2) is 13.4 Å². The molecule has 0 aliphatic heterocycles. The fourth-order valence-corrected chi connectivity index (χ4v) is 5.61. The molecule has 2 aromatic carbocycles. The van der Waals surface area contributed by atoms with Crippen LogP contribution in [0.3, 0.4) is 0 Å². The van der Waals surface area contributed by atoms with Crippen molar-refractivity contribution in [1.29, 1.82) is 0 Å². The van der Waals surface area contributed by atoms with Gasteiger partial charge in [0, 0.05) is 5.56 Å². The standard InChI is InChI=1S/C23H22N2O3S2/c1-16-6-10-19(11-7-16)23-24-21(18(3)28-23)15-25(20-12-8-17(2)9-13-20)30(26,27)22-5-4-14-29-22/h4-14H,15H2,1-3H3. The zero-order chi connectivity index (χ0) is 21.3. The van der Waals surface area contributed by atoms with Gasteiger partial charge < -0.3 is 4.42 Å². The molecule has 0 spiro atoms. The second kappa shape index (κ2) is 8.08. The van der Waals surface area contributed by atoms with Crippen LogP contribution in [0.2, 0.25) is 0 Å². The number of hydrogen-bond acceptors (Lipinski definition) is 5. The van der Waals surface area contributed by atoms with E-state index in [9.17, 15) is 8.42 Å². The Morgan fingerprint density at radius 3 is 2.17 bits per heavy atom. The van der Waals surface area contributed by atoms with Gasteiger partial charge in [-0.1, -0.05) is 41.5 Å². The molecule has 0 N–H and O–H groups in total. The number of aromatic nitrogens is 1. The summed E-state index contributed by atoms with van der Waals surface area (Å²) in [6, 6.07) is 18.7. The second-order valence-electron chi connectivity index (χ2n) is 7.17. The zero-order valence-electron chi connectivity index (χ0n) is 17.0. The topological polar surface area (TPSA) is 63.4 Å². The van der Waals surface area contributed by atoms with Crippen molar-refractivity contribution in [2.45, 2.75) is 31.5 Å². The summed E-state index contributed by atoms with van der Waals surface area (Å²) in [4.78, 5) is 4.62. The number of anilines is 1. The average Bonchev–Trinajstić information content (AvgIpc) is 3.38. The third-order valence-corrected chi connectivity index (χ3v) is 7.99.